The molecule has 2 heterocycles. The predicted molar refractivity (Wildman–Crippen MR) is 76.4 cm³/mol. The van der Waals surface area contributed by atoms with E-state index in [1.807, 2.05) is 12.1 Å². The minimum Gasteiger partial charge on any atom is -0.466 e. The molecule has 0 aliphatic heterocycles. The van der Waals surface area contributed by atoms with Crippen LogP contribution in [0.4, 0.5) is 0 Å². The van der Waals surface area contributed by atoms with Gasteiger partial charge in [-0.05, 0) is 38.0 Å². The lowest BCUT2D eigenvalue weighted by Crippen LogP contribution is -2.09. The minimum absolute atomic E-state index is 0.206. The van der Waals surface area contributed by atoms with Crippen LogP contribution in [0.25, 0.3) is 11.0 Å². The highest BCUT2D eigenvalue weighted by Crippen LogP contribution is 2.23. The van der Waals surface area contributed by atoms with Crippen LogP contribution in [0, 0.1) is 0 Å². The smallest absolute Gasteiger partial charge is 0.306 e. The van der Waals surface area contributed by atoms with Crippen LogP contribution in [-0.2, 0) is 22.4 Å². The fourth-order valence-electron chi connectivity index (χ4n) is 2.33. The number of H-pyrrole nitrogens is 1. The van der Waals surface area contributed by atoms with Crippen molar-refractivity contribution in [1.29, 1.82) is 0 Å². The number of hydrogen-bond acceptors (Lipinski definition) is 4. The Bertz CT molecular complexity index is 590. The normalized spacial score (nSPS) is 12.6. The molecular weight excluding hydrogens is 256 g/mol. The van der Waals surface area contributed by atoms with Crippen LogP contribution in [0.2, 0.25) is 0 Å². The molecule has 2 N–H and O–H groups in total. The number of carbonyl (C=O) groups is 1. The third-order valence-electron chi connectivity index (χ3n) is 3.15. The molecule has 0 saturated heterocycles. The molecule has 0 aromatic carbocycles. The van der Waals surface area contributed by atoms with Gasteiger partial charge >= 0.3 is 5.97 Å². The van der Waals surface area contributed by atoms with Crippen LogP contribution in [0.1, 0.15) is 31.5 Å². The van der Waals surface area contributed by atoms with E-state index in [4.69, 9.17) is 4.74 Å². The minimum atomic E-state index is -0.435. The second kappa shape index (κ2) is 6.52. The monoisotopic (exact) mass is 276 g/mol. The number of nitrogens with zero attached hydrogens (tertiary/aromatic N) is 1. The molecule has 0 amide bonds. The predicted octanol–water partition coefficient (Wildman–Crippen LogP) is 1.98. The summed E-state index contributed by atoms with van der Waals surface area (Å²) >= 11 is 0. The first-order valence-corrected chi connectivity index (χ1v) is 6.90. The summed E-state index contributed by atoms with van der Waals surface area (Å²) in [5.74, 6) is -0.206. The number of hydrogen-bond donors (Lipinski definition) is 2. The highest BCUT2D eigenvalue weighted by molar-refractivity contribution is 5.81. The number of aromatic nitrogens is 2. The van der Waals surface area contributed by atoms with E-state index >= 15 is 0 Å². The average Bonchev–Trinajstić information content (AvgIpc) is 2.75. The van der Waals surface area contributed by atoms with Gasteiger partial charge in [-0.2, -0.15) is 0 Å². The Hall–Kier alpha value is -1.88. The van der Waals surface area contributed by atoms with Gasteiger partial charge < -0.3 is 14.8 Å². The van der Waals surface area contributed by atoms with E-state index in [-0.39, 0.29) is 5.97 Å². The van der Waals surface area contributed by atoms with Crippen LogP contribution in [0.3, 0.4) is 0 Å². The SMILES string of the molecule is CCOC(=O)CCc1[nH]c2ncccc2c1CC(C)O. The second-order valence-corrected chi connectivity index (χ2v) is 4.84. The number of ether oxygens (including phenoxy) is 1. The summed E-state index contributed by atoms with van der Waals surface area (Å²) in [4.78, 5) is 19.0. The Balaban J connectivity index is 2.24. The summed E-state index contributed by atoms with van der Waals surface area (Å²) in [5.41, 5.74) is 2.78. The molecule has 0 saturated carbocycles. The lowest BCUT2D eigenvalue weighted by molar-refractivity contribution is -0.143. The molecule has 20 heavy (non-hydrogen) atoms. The molecule has 0 bridgehead atoms. The number of carbonyl (C=O) groups excluding carboxylic acids is 1. The molecule has 1 atom stereocenters. The zero-order chi connectivity index (χ0) is 14.5. The number of aromatic amines is 1. The molecular formula is C15H20N2O3. The third-order valence-corrected chi connectivity index (χ3v) is 3.15. The quantitative estimate of drug-likeness (QED) is 0.791. The van der Waals surface area contributed by atoms with Crippen molar-refractivity contribution in [2.75, 3.05) is 6.61 Å². The van der Waals surface area contributed by atoms with Crippen molar-refractivity contribution in [3.8, 4) is 0 Å². The molecule has 2 aromatic heterocycles. The number of pyridine rings is 1. The van der Waals surface area contributed by atoms with E-state index in [1.54, 1.807) is 20.0 Å². The van der Waals surface area contributed by atoms with Crippen molar-refractivity contribution in [1.82, 2.24) is 9.97 Å². The number of fused-ring (bicyclic) bond motifs is 1. The first kappa shape index (κ1) is 14.5. The number of aliphatic hydroxyl groups is 1. The summed E-state index contributed by atoms with van der Waals surface area (Å²) in [6.07, 6.45) is 2.73. The summed E-state index contributed by atoms with van der Waals surface area (Å²) in [6.45, 7) is 3.95. The van der Waals surface area contributed by atoms with Crippen molar-refractivity contribution in [2.45, 2.75) is 39.2 Å². The number of nitrogens with one attached hydrogen (secondary N) is 1. The van der Waals surface area contributed by atoms with Gasteiger partial charge in [0.15, 0.2) is 0 Å². The molecule has 1 unspecified atom stereocenters. The van der Waals surface area contributed by atoms with Gasteiger partial charge in [0, 0.05) is 23.7 Å². The van der Waals surface area contributed by atoms with Crippen LogP contribution < -0.4 is 0 Å². The molecule has 108 valence electrons. The molecule has 0 fully saturated rings. The van der Waals surface area contributed by atoms with Gasteiger partial charge in [-0.15, -0.1) is 0 Å². The first-order chi connectivity index (χ1) is 9.61. The zero-order valence-electron chi connectivity index (χ0n) is 11.8. The highest BCUT2D eigenvalue weighted by atomic mass is 16.5. The van der Waals surface area contributed by atoms with Gasteiger partial charge in [0.25, 0.3) is 0 Å². The van der Waals surface area contributed by atoms with Crippen molar-refractivity contribution >= 4 is 17.0 Å². The van der Waals surface area contributed by atoms with Gasteiger partial charge in [0.05, 0.1) is 19.1 Å². The van der Waals surface area contributed by atoms with Crippen LogP contribution >= 0.6 is 0 Å². The van der Waals surface area contributed by atoms with Gasteiger partial charge in [0.1, 0.15) is 5.65 Å². The Labute approximate surface area is 118 Å². The molecule has 2 rings (SSSR count). The molecule has 2 aromatic rings. The lowest BCUT2D eigenvalue weighted by Gasteiger charge is -2.07. The Kier molecular flexibility index (Phi) is 4.74. The summed E-state index contributed by atoms with van der Waals surface area (Å²) in [5, 5.41) is 10.7. The van der Waals surface area contributed by atoms with Crippen LogP contribution in [-0.4, -0.2) is 33.8 Å². The molecule has 5 heteroatoms. The Morgan fingerprint density at radius 2 is 2.35 bits per heavy atom. The number of aliphatic hydroxyl groups excluding tert-OH is 1. The van der Waals surface area contributed by atoms with E-state index in [0.29, 0.717) is 25.9 Å². The molecule has 0 aliphatic carbocycles. The van der Waals surface area contributed by atoms with Crippen LogP contribution in [0.5, 0.6) is 0 Å². The maximum atomic E-state index is 11.5. The van der Waals surface area contributed by atoms with Crippen molar-refractivity contribution in [3.05, 3.63) is 29.6 Å². The third kappa shape index (κ3) is 3.36. The fourth-order valence-corrected chi connectivity index (χ4v) is 2.33. The fraction of sp³-hybridized carbons (Fsp3) is 0.467. The van der Waals surface area contributed by atoms with E-state index in [0.717, 1.165) is 22.3 Å². The molecule has 5 nitrogen and oxygen atoms in total. The molecule has 0 radical (unpaired) electrons. The first-order valence-electron chi connectivity index (χ1n) is 6.90. The van der Waals surface area contributed by atoms with E-state index in [1.165, 1.54) is 0 Å². The standard InChI is InChI=1S/C15H20N2O3/c1-3-20-14(19)7-6-13-12(9-10(2)18)11-5-4-8-16-15(11)17-13/h4-5,8,10,18H,3,6-7,9H2,1-2H3,(H,16,17). The zero-order valence-corrected chi connectivity index (χ0v) is 11.8. The molecule has 0 spiro atoms. The Morgan fingerprint density at radius 3 is 3.05 bits per heavy atom. The van der Waals surface area contributed by atoms with Gasteiger partial charge in [0.2, 0.25) is 0 Å². The summed E-state index contributed by atoms with van der Waals surface area (Å²) < 4.78 is 4.94. The van der Waals surface area contributed by atoms with Gasteiger partial charge in [-0.3, -0.25) is 4.79 Å². The van der Waals surface area contributed by atoms with E-state index in [9.17, 15) is 9.90 Å². The van der Waals surface area contributed by atoms with E-state index in [2.05, 4.69) is 9.97 Å². The van der Waals surface area contributed by atoms with Gasteiger partial charge in [-0.25, -0.2) is 4.98 Å². The summed E-state index contributed by atoms with van der Waals surface area (Å²) in [6, 6.07) is 3.85. The van der Waals surface area contributed by atoms with Crippen molar-refractivity contribution < 1.29 is 14.6 Å². The van der Waals surface area contributed by atoms with Gasteiger partial charge in [-0.1, -0.05) is 0 Å². The van der Waals surface area contributed by atoms with Crippen LogP contribution in [0.15, 0.2) is 18.3 Å². The number of esters is 1. The Morgan fingerprint density at radius 1 is 1.55 bits per heavy atom. The largest absolute Gasteiger partial charge is 0.466 e. The number of rotatable bonds is 6. The van der Waals surface area contributed by atoms with Crippen molar-refractivity contribution in [3.63, 3.8) is 0 Å². The molecule has 0 aliphatic rings. The maximum Gasteiger partial charge on any atom is 0.306 e. The second-order valence-electron chi connectivity index (χ2n) is 4.84. The number of aryl methyl sites for hydroxylation is 1. The average molecular weight is 276 g/mol. The highest BCUT2D eigenvalue weighted by Gasteiger charge is 2.15. The lowest BCUT2D eigenvalue weighted by atomic mass is 10.0. The van der Waals surface area contributed by atoms with Crippen molar-refractivity contribution in [2.24, 2.45) is 0 Å². The topological polar surface area (TPSA) is 75.2 Å². The van der Waals surface area contributed by atoms with E-state index < -0.39 is 6.10 Å². The maximum absolute atomic E-state index is 11.5. The summed E-state index contributed by atoms with van der Waals surface area (Å²) in [7, 11) is 0.